The molecule has 142 valence electrons. The Morgan fingerprint density at radius 2 is 1.75 bits per heavy atom. The van der Waals surface area contributed by atoms with Crippen LogP contribution in [0.4, 0.5) is 5.69 Å². The lowest BCUT2D eigenvalue weighted by Crippen LogP contribution is -2.24. The number of nitrogens with one attached hydrogen (secondary N) is 2. The second-order valence-corrected chi connectivity index (χ2v) is 6.69. The zero-order valence-electron chi connectivity index (χ0n) is 15.2. The van der Waals surface area contributed by atoms with Gasteiger partial charge in [-0.25, -0.2) is 0 Å². The summed E-state index contributed by atoms with van der Waals surface area (Å²) in [6.45, 7) is 0.336. The molecule has 2 N–H and O–H groups in total. The monoisotopic (exact) mass is 393 g/mol. The molecule has 1 heterocycles. The quantitative estimate of drug-likeness (QED) is 0.630. The summed E-state index contributed by atoms with van der Waals surface area (Å²) >= 11 is 5.87. The van der Waals surface area contributed by atoms with E-state index in [0.717, 1.165) is 11.1 Å². The number of benzene rings is 2. The van der Waals surface area contributed by atoms with Crippen LogP contribution in [0, 0.1) is 0 Å². The van der Waals surface area contributed by atoms with Crippen LogP contribution in [-0.4, -0.2) is 16.8 Å². The van der Waals surface area contributed by atoms with Gasteiger partial charge >= 0.3 is 0 Å². The van der Waals surface area contributed by atoms with E-state index >= 15 is 0 Å². The number of carbonyl (C=O) groups excluding carboxylic acids is 2. The van der Waals surface area contributed by atoms with Crippen LogP contribution in [0.5, 0.6) is 0 Å². The number of para-hydroxylation sites is 1. The molecule has 3 rings (SSSR count). The Hall–Kier alpha value is -3.18. The minimum Gasteiger partial charge on any atom is -0.352 e. The number of nitrogens with zero attached hydrogens (tertiary/aromatic N) is 1. The number of aryl methyl sites for hydroxylation is 1. The van der Waals surface area contributed by atoms with Gasteiger partial charge in [0.25, 0.3) is 5.91 Å². The molecule has 0 saturated heterocycles. The van der Waals surface area contributed by atoms with E-state index < -0.39 is 0 Å². The van der Waals surface area contributed by atoms with Gasteiger partial charge in [-0.2, -0.15) is 0 Å². The summed E-state index contributed by atoms with van der Waals surface area (Å²) in [6.07, 6.45) is 4.15. The molecule has 2 amide bonds. The summed E-state index contributed by atoms with van der Waals surface area (Å²) in [5.74, 6) is -0.294. The first kappa shape index (κ1) is 19.6. The predicted molar refractivity (Wildman–Crippen MR) is 110 cm³/mol. The van der Waals surface area contributed by atoms with E-state index in [4.69, 9.17) is 11.6 Å². The first-order chi connectivity index (χ1) is 13.6. The largest absolute Gasteiger partial charge is 0.352 e. The molecule has 0 aliphatic carbocycles. The van der Waals surface area contributed by atoms with E-state index in [1.165, 1.54) is 6.20 Å². The van der Waals surface area contributed by atoms with Gasteiger partial charge in [0, 0.05) is 36.1 Å². The van der Waals surface area contributed by atoms with Crippen LogP contribution in [0.2, 0.25) is 5.02 Å². The lowest BCUT2D eigenvalue weighted by molar-refractivity contribution is -0.121. The molecule has 3 aromatic rings. The molecule has 0 unspecified atom stereocenters. The van der Waals surface area contributed by atoms with Crippen molar-refractivity contribution in [2.45, 2.75) is 19.4 Å². The molecule has 0 bridgehead atoms. The third kappa shape index (κ3) is 5.66. The van der Waals surface area contributed by atoms with E-state index in [-0.39, 0.29) is 11.8 Å². The molecule has 0 spiro atoms. The van der Waals surface area contributed by atoms with Crippen LogP contribution in [-0.2, 0) is 17.8 Å². The highest BCUT2D eigenvalue weighted by Gasteiger charge is 2.10. The Kier molecular flexibility index (Phi) is 6.76. The molecule has 0 fully saturated rings. The number of amides is 2. The fourth-order valence-electron chi connectivity index (χ4n) is 2.68. The SMILES string of the molecule is O=C(CCc1ccc(Cl)cc1)NCc1ccccc1NC(=O)c1cccnc1. The topological polar surface area (TPSA) is 71.1 Å². The van der Waals surface area contributed by atoms with Crippen LogP contribution in [0.3, 0.4) is 0 Å². The summed E-state index contributed by atoms with van der Waals surface area (Å²) in [4.78, 5) is 28.5. The van der Waals surface area contributed by atoms with Crippen LogP contribution < -0.4 is 10.6 Å². The Morgan fingerprint density at radius 3 is 2.50 bits per heavy atom. The second-order valence-electron chi connectivity index (χ2n) is 6.26. The second kappa shape index (κ2) is 9.67. The summed E-state index contributed by atoms with van der Waals surface area (Å²) < 4.78 is 0. The number of anilines is 1. The fourth-order valence-corrected chi connectivity index (χ4v) is 2.81. The molecule has 2 aromatic carbocycles. The van der Waals surface area contributed by atoms with Crippen molar-refractivity contribution < 1.29 is 9.59 Å². The molecular weight excluding hydrogens is 374 g/mol. The van der Waals surface area contributed by atoms with Crippen molar-refractivity contribution in [1.29, 1.82) is 0 Å². The van der Waals surface area contributed by atoms with Crippen molar-refractivity contribution in [3.05, 3.63) is 94.8 Å². The zero-order chi connectivity index (χ0) is 19.8. The van der Waals surface area contributed by atoms with Crippen molar-refractivity contribution in [1.82, 2.24) is 10.3 Å². The average Bonchev–Trinajstić information content (AvgIpc) is 2.73. The fraction of sp³-hybridized carbons (Fsp3) is 0.136. The molecule has 0 atom stereocenters. The van der Waals surface area contributed by atoms with Crippen molar-refractivity contribution in [2.24, 2.45) is 0 Å². The maximum Gasteiger partial charge on any atom is 0.257 e. The normalized spacial score (nSPS) is 10.3. The smallest absolute Gasteiger partial charge is 0.257 e. The molecular formula is C22H20ClN3O2. The highest BCUT2D eigenvalue weighted by Crippen LogP contribution is 2.16. The molecule has 5 nitrogen and oxygen atoms in total. The predicted octanol–water partition coefficient (Wildman–Crippen LogP) is 4.24. The summed E-state index contributed by atoms with van der Waals surface area (Å²) in [6, 6.07) is 18.3. The van der Waals surface area contributed by atoms with Gasteiger partial charge < -0.3 is 10.6 Å². The zero-order valence-corrected chi connectivity index (χ0v) is 15.9. The number of hydrogen-bond acceptors (Lipinski definition) is 3. The van der Waals surface area contributed by atoms with Crippen LogP contribution in [0.25, 0.3) is 0 Å². The lowest BCUT2D eigenvalue weighted by atomic mass is 10.1. The first-order valence-corrected chi connectivity index (χ1v) is 9.30. The van der Waals surface area contributed by atoms with E-state index in [1.807, 2.05) is 48.5 Å². The molecule has 28 heavy (non-hydrogen) atoms. The van der Waals surface area contributed by atoms with Gasteiger partial charge in [0.2, 0.25) is 5.91 Å². The maximum absolute atomic E-state index is 12.3. The van der Waals surface area contributed by atoms with Crippen molar-refractivity contribution >= 4 is 29.1 Å². The van der Waals surface area contributed by atoms with Crippen LogP contribution >= 0.6 is 11.6 Å². The Morgan fingerprint density at radius 1 is 0.964 bits per heavy atom. The van der Waals surface area contributed by atoms with Gasteiger partial charge in [-0.3, -0.25) is 14.6 Å². The number of aromatic nitrogens is 1. The van der Waals surface area contributed by atoms with Gasteiger partial charge in [-0.1, -0.05) is 41.9 Å². The standard InChI is InChI=1S/C22H20ClN3O2/c23-19-10-7-16(8-11-19)9-12-21(27)25-15-17-4-1-2-6-20(17)26-22(28)18-5-3-13-24-14-18/h1-8,10-11,13-14H,9,12,15H2,(H,25,27)(H,26,28). The minimum absolute atomic E-state index is 0.0525. The van der Waals surface area contributed by atoms with E-state index in [1.54, 1.807) is 18.3 Å². The molecule has 0 radical (unpaired) electrons. The Bertz CT molecular complexity index is 944. The number of carbonyl (C=O) groups is 2. The number of halogens is 1. The first-order valence-electron chi connectivity index (χ1n) is 8.92. The number of pyridine rings is 1. The van der Waals surface area contributed by atoms with Gasteiger partial charge in [0.15, 0.2) is 0 Å². The average molecular weight is 394 g/mol. The Balaban J connectivity index is 1.55. The third-order valence-electron chi connectivity index (χ3n) is 4.22. The molecule has 0 aliphatic rings. The molecule has 1 aromatic heterocycles. The van der Waals surface area contributed by atoms with E-state index in [2.05, 4.69) is 15.6 Å². The van der Waals surface area contributed by atoms with Crippen molar-refractivity contribution in [3.63, 3.8) is 0 Å². The molecule has 6 heteroatoms. The van der Waals surface area contributed by atoms with Gasteiger partial charge in [-0.15, -0.1) is 0 Å². The van der Waals surface area contributed by atoms with E-state index in [9.17, 15) is 9.59 Å². The number of rotatable bonds is 7. The van der Waals surface area contributed by atoms with Gasteiger partial charge in [0.05, 0.1) is 5.56 Å². The van der Waals surface area contributed by atoms with E-state index in [0.29, 0.717) is 35.7 Å². The maximum atomic E-state index is 12.3. The number of hydrogen-bond donors (Lipinski definition) is 2. The summed E-state index contributed by atoms with van der Waals surface area (Å²) in [5.41, 5.74) is 3.03. The van der Waals surface area contributed by atoms with Gasteiger partial charge in [0.1, 0.15) is 0 Å². The van der Waals surface area contributed by atoms with Gasteiger partial charge in [-0.05, 0) is 47.9 Å². The van der Waals surface area contributed by atoms with Crippen LogP contribution in [0.1, 0.15) is 27.9 Å². The minimum atomic E-state index is -0.241. The molecule has 0 saturated carbocycles. The highest BCUT2D eigenvalue weighted by atomic mass is 35.5. The summed E-state index contributed by atoms with van der Waals surface area (Å²) in [7, 11) is 0. The summed E-state index contributed by atoms with van der Waals surface area (Å²) in [5, 5.41) is 6.46. The lowest BCUT2D eigenvalue weighted by Gasteiger charge is -2.12. The van der Waals surface area contributed by atoms with Crippen LogP contribution in [0.15, 0.2) is 73.1 Å². The highest BCUT2D eigenvalue weighted by molar-refractivity contribution is 6.30. The third-order valence-corrected chi connectivity index (χ3v) is 4.47. The Labute approximate surface area is 168 Å². The van der Waals surface area contributed by atoms with Crippen molar-refractivity contribution in [3.8, 4) is 0 Å². The van der Waals surface area contributed by atoms with Crippen molar-refractivity contribution in [2.75, 3.05) is 5.32 Å². The molecule has 0 aliphatic heterocycles.